The summed E-state index contributed by atoms with van der Waals surface area (Å²) in [6.07, 6.45) is 9.82. The molecule has 1 aliphatic rings. The Kier molecular flexibility index (Phi) is 6.27. The molecule has 1 saturated carbocycles. The van der Waals surface area contributed by atoms with Crippen molar-refractivity contribution in [3.05, 3.63) is 34.6 Å². The van der Waals surface area contributed by atoms with E-state index in [0.717, 1.165) is 24.3 Å². The van der Waals surface area contributed by atoms with Gasteiger partial charge in [0.2, 0.25) is 0 Å². The highest BCUT2D eigenvalue weighted by molar-refractivity contribution is 6.31. The van der Waals surface area contributed by atoms with Crippen molar-refractivity contribution in [2.24, 2.45) is 11.8 Å². The summed E-state index contributed by atoms with van der Waals surface area (Å²) in [5.74, 6) is 6.15. The topological polar surface area (TPSA) is 38.0 Å². The molecule has 3 N–H and O–H groups in total. The molecule has 2 nitrogen and oxygen atoms in total. The Morgan fingerprint density at radius 3 is 2.55 bits per heavy atom. The van der Waals surface area contributed by atoms with Crippen molar-refractivity contribution < 1.29 is 4.39 Å². The van der Waals surface area contributed by atoms with E-state index in [2.05, 4.69) is 5.43 Å². The van der Waals surface area contributed by atoms with Crippen LogP contribution in [0.25, 0.3) is 0 Å². The number of hydrazine groups is 1. The van der Waals surface area contributed by atoms with E-state index in [9.17, 15) is 4.39 Å². The molecule has 0 radical (unpaired) electrons. The molecular formula is C16H24ClFN2. The number of nitrogens with two attached hydrogens (primary N) is 1. The van der Waals surface area contributed by atoms with E-state index in [1.165, 1.54) is 50.7 Å². The summed E-state index contributed by atoms with van der Waals surface area (Å²) in [6.45, 7) is 0. The molecule has 0 heterocycles. The minimum Gasteiger partial charge on any atom is -0.271 e. The maximum absolute atomic E-state index is 13.1. The Bertz CT molecular complexity index is 417. The van der Waals surface area contributed by atoms with E-state index in [1.807, 2.05) is 0 Å². The average Bonchev–Trinajstić information content (AvgIpc) is 2.69. The Balaban J connectivity index is 1.93. The van der Waals surface area contributed by atoms with E-state index in [4.69, 9.17) is 17.4 Å². The van der Waals surface area contributed by atoms with Gasteiger partial charge in [0.1, 0.15) is 5.82 Å². The van der Waals surface area contributed by atoms with Crippen LogP contribution >= 0.6 is 11.6 Å². The van der Waals surface area contributed by atoms with Gasteiger partial charge >= 0.3 is 0 Å². The minimum atomic E-state index is -0.292. The number of hydrogen-bond acceptors (Lipinski definition) is 2. The highest BCUT2D eigenvalue weighted by Gasteiger charge is 2.18. The van der Waals surface area contributed by atoms with Crippen LogP contribution in [0.3, 0.4) is 0 Å². The average molecular weight is 299 g/mol. The third-order valence-corrected chi connectivity index (χ3v) is 4.66. The first-order chi connectivity index (χ1) is 9.69. The molecule has 112 valence electrons. The lowest BCUT2D eigenvalue weighted by molar-refractivity contribution is 0.352. The summed E-state index contributed by atoms with van der Waals surface area (Å²) in [5.41, 5.74) is 3.87. The first-order valence-electron chi connectivity index (χ1n) is 7.59. The largest absolute Gasteiger partial charge is 0.271 e. The van der Waals surface area contributed by atoms with Gasteiger partial charge < -0.3 is 0 Å². The number of rotatable bonds is 5. The van der Waals surface area contributed by atoms with Crippen LogP contribution in [0.4, 0.5) is 4.39 Å². The van der Waals surface area contributed by atoms with E-state index < -0.39 is 0 Å². The summed E-state index contributed by atoms with van der Waals surface area (Å²) in [6, 6.07) is 4.80. The maximum Gasteiger partial charge on any atom is 0.124 e. The number of hydrogen-bond donors (Lipinski definition) is 2. The highest BCUT2D eigenvalue weighted by Crippen LogP contribution is 2.28. The second-order valence-corrected chi connectivity index (χ2v) is 6.30. The van der Waals surface area contributed by atoms with Gasteiger partial charge in [0.25, 0.3) is 0 Å². The van der Waals surface area contributed by atoms with Gasteiger partial charge in [-0.1, -0.05) is 56.2 Å². The molecular weight excluding hydrogens is 275 g/mol. The van der Waals surface area contributed by atoms with Crippen molar-refractivity contribution in [3.63, 3.8) is 0 Å². The van der Waals surface area contributed by atoms with Crippen LogP contribution in [0.5, 0.6) is 0 Å². The Hall–Kier alpha value is -0.640. The molecule has 0 aromatic heterocycles. The van der Waals surface area contributed by atoms with Gasteiger partial charge in [0, 0.05) is 11.1 Å². The van der Waals surface area contributed by atoms with E-state index in [1.54, 1.807) is 6.07 Å². The van der Waals surface area contributed by atoms with E-state index in [0.29, 0.717) is 5.02 Å². The van der Waals surface area contributed by atoms with Crippen molar-refractivity contribution >= 4 is 11.6 Å². The van der Waals surface area contributed by atoms with Crippen molar-refractivity contribution in [1.29, 1.82) is 0 Å². The predicted molar refractivity (Wildman–Crippen MR) is 82.0 cm³/mol. The van der Waals surface area contributed by atoms with Gasteiger partial charge in [-0.25, -0.2) is 4.39 Å². The zero-order chi connectivity index (χ0) is 14.4. The van der Waals surface area contributed by atoms with Crippen LogP contribution in [0.1, 0.15) is 50.5 Å². The molecule has 1 atom stereocenters. The third-order valence-electron chi connectivity index (χ3n) is 4.31. The van der Waals surface area contributed by atoms with E-state index in [-0.39, 0.29) is 11.9 Å². The zero-order valence-electron chi connectivity index (χ0n) is 11.9. The quantitative estimate of drug-likeness (QED) is 0.485. The van der Waals surface area contributed by atoms with Crippen molar-refractivity contribution in [3.8, 4) is 0 Å². The Morgan fingerprint density at radius 1 is 1.25 bits per heavy atom. The molecule has 1 aromatic carbocycles. The normalized spacial score (nSPS) is 18.8. The monoisotopic (exact) mass is 298 g/mol. The highest BCUT2D eigenvalue weighted by atomic mass is 35.5. The second kappa shape index (κ2) is 7.96. The van der Waals surface area contributed by atoms with Crippen molar-refractivity contribution in [2.75, 3.05) is 0 Å². The SMILES string of the molecule is NNC(Cc1ccc(F)cc1Cl)CC1CCCCCC1. The summed E-state index contributed by atoms with van der Waals surface area (Å²) >= 11 is 6.09. The Morgan fingerprint density at radius 2 is 1.95 bits per heavy atom. The molecule has 4 heteroatoms. The zero-order valence-corrected chi connectivity index (χ0v) is 12.6. The molecule has 0 aliphatic heterocycles. The standard InChI is InChI=1S/C16H24ClFN2/c17-16-11-14(18)8-7-13(16)10-15(20-19)9-12-5-3-1-2-4-6-12/h7-8,11-12,15,20H,1-6,9-10,19H2. The predicted octanol–water partition coefficient (Wildman–Crippen LogP) is 4.21. The van der Waals surface area contributed by atoms with Crippen LogP contribution in [0.2, 0.25) is 5.02 Å². The molecule has 1 aliphatic carbocycles. The lowest BCUT2D eigenvalue weighted by Crippen LogP contribution is -2.38. The summed E-state index contributed by atoms with van der Waals surface area (Å²) in [7, 11) is 0. The molecule has 0 spiro atoms. The summed E-state index contributed by atoms with van der Waals surface area (Å²) in [5, 5.41) is 0.492. The van der Waals surface area contributed by atoms with Gasteiger partial charge in [-0.05, 0) is 36.5 Å². The fourth-order valence-corrected chi connectivity index (χ4v) is 3.41. The molecule has 1 fully saturated rings. The Labute approximate surface area is 125 Å². The van der Waals surface area contributed by atoms with Crippen LogP contribution < -0.4 is 11.3 Å². The van der Waals surface area contributed by atoms with Crippen molar-refractivity contribution in [2.45, 2.75) is 57.4 Å². The molecule has 1 aromatic rings. The molecule has 20 heavy (non-hydrogen) atoms. The molecule has 2 rings (SSSR count). The molecule has 0 bridgehead atoms. The van der Waals surface area contributed by atoms with Gasteiger partial charge in [0.15, 0.2) is 0 Å². The smallest absolute Gasteiger partial charge is 0.124 e. The fraction of sp³-hybridized carbons (Fsp3) is 0.625. The van der Waals surface area contributed by atoms with Crippen LogP contribution in [-0.4, -0.2) is 6.04 Å². The maximum atomic E-state index is 13.1. The number of benzene rings is 1. The lowest BCUT2D eigenvalue weighted by Gasteiger charge is -2.22. The number of nitrogens with one attached hydrogen (secondary N) is 1. The van der Waals surface area contributed by atoms with Gasteiger partial charge in [-0.3, -0.25) is 11.3 Å². The summed E-state index contributed by atoms with van der Waals surface area (Å²) < 4.78 is 13.1. The lowest BCUT2D eigenvalue weighted by atomic mass is 9.90. The second-order valence-electron chi connectivity index (χ2n) is 5.90. The third kappa shape index (κ3) is 4.72. The molecule has 0 amide bonds. The van der Waals surface area contributed by atoms with Gasteiger partial charge in [0.05, 0.1) is 0 Å². The van der Waals surface area contributed by atoms with Crippen molar-refractivity contribution in [1.82, 2.24) is 5.43 Å². The first kappa shape index (κ1) is 15.7. The van der Waals surface area contributed by atoms with Gasteiger partial charge in [-0.15, -0.1) is 0 Å². The molecule has 0 saturated heterocycles. The van der Waals surface area contributed by atoms with Crippen LogP contribution in [-0.2, 0) is 6.42 Å². The summed E-state index contributed by atoms with van der Waals surface area (Å²) in [4.78, 5) is 0. The van der Waals surface area contributed by atoms with Gasteiger partial charge in [-0.2, -0.15) is 0 Å². The number of halogens is 2. The fourth-order valence-electron chi connectivity index (χ4n) is 3.16. The van der Waals surface area contributed by atoms with Crippen LogP contribution in [0.15, 0.2) is 18.2 Å². The minimum absolute atomic E-state index is 0.209. The first-order valence-corrected chi connectivity index (χ1v) is 7.97. The van der Waals surface area contributed by atoms with E-state index >= 15 is 0 Å². The van der Waals surface area contributed by atoms with Crippen LogP contribution in [0, 0.1) is 11.7 Å². The molecule has 1 unspecified atom stereocenters.